The van der Waals surface area contributed by atoms with Crippen molar-refractivity contribution in [2.75, 3.05) is 13.1 Å². The molecule has 1 aliphatic rings. The van der Waals surface area contributed by atoms with Gasteiger partial charge in [0.15, 0.2) is 11.0 Å². The van der Waals surface area contributed by atoms with E-state index < -0.39 is 0 Å². The van der Waals surface area contributed by atoms with Crippen LogP contribution in [0.25, 0.3) is 0 Å². The fraction of sp³-hybridized carbons (Fsp3) is 0.583. The molecule has 0 aliphatic carbocycles. The zero-order chi connectivity index (χ0) is 12.4. The molecule has 0 spiro atoms. The molecule has 17 heavy (non-hydrogen) atoms. The van der Waals surface area contributed by atoms with Gasteiger partial charge in [0, 0.05) is 25.2 Å². The number of likely N-dealkylation sites (tertiary alicyclic amines) is 1. The van der Waals surface area contributed by atoms with Crippen molar-refractivity contribution in [3.05, 3.63) is 23.1 Å². The molecule has 0 radical (unpaired) electrons. The lowest BCUT2D eigenvalue weighted by molar-refractivity contribution is 0.0909. The van der Waals surface area contributed by atoms with Crippen molar-refractivity contribution >= 4 is 17.5 Å². The Balaban J connectivity index is 1.88. The van der Waals surface area contributed by atoms with Gasteiger partial charge in [0.05, 0.1) is 0 Å². The number of nitrogens with one attached hydrogen (secondary N) is 1. The molecule has 0 saturated carbocycles. The first kappa shape index (κ1) is 12.5. The van der Waals surface area contributed by atoms with Crippen LogP contribution in [0, 0.1) is 0 Å². The van der Waals surface area contributed by atoms with Crippen molar-refractivity contribution in [3.63, 3.8) is 0 Å². The molecule has 5 heteroatoms. The molecule has 0 aromatic carbocycles. The van der Waals surface area contributed by atoms with Gasteiger partial charge in [0.25, 0.3) is 5.91 Å². The van der Waals surface area contributed by atoms with E-state index in [0.717, 1.165) is 19.5 Å². The Kier molecular flexibility index (Phi) is 3.74. The SMILES string of the molecule is CC(C)N1CCC(NC(=O)c2ccc(Cl)o2)C1. The van der Waals surface area contributed by atoms with Crippen molar-refractivity contribution in [2.45, 2.75) is 32.4 Å². The van der Waals surface area contributed by atoms with E-state index in [2.05, 4.69) is 24.1 Å². The van der Waals surface area contributed by atoms with Gasteiger partial charge in [-0.2, -0.15) is 0 Å². The number of nitrogens with zero attached hydrogens (tertiary/aromatic N) is 1. The average Bonchev–Trinajstić information content (AvgIpc) is 2.86. The summed E-state index contributed by atoms with van der Waals surface area (Å²) in [7, 11) is 0. The first-order valence-electron chi connectivity index (χ1n) is 5.86. The number of rotatable bonds is 3. The van der Waals surface area contributed by atoms with Gasteiger partial charge in [0.1, 0.15) is 0 Å². The average molecular weight is 257 g/mol. The molecule has 2 heterocycles. The van der Waals surface area contributed by atoms with Crippen LogP contribution in [0.1, 0.15) is 30.8 Å². The van der Waals surface area contributed by atoms with Crippen LogP contribution < -0.4 is 5.32 Å². The minimum Gasteiger partial charge on any atom is -0.440 e. The highest BCUT2D eigenvalue weighted by molar-refractivity contribution is 6.29. The number of hydrogen-bond acceptors (Lipinski definition) is 3. The molecule has 1 aromatic heterocycles. The Hall–Kier alpha value is -1.00. The molecule has 1 saturated heterocycles. The van der Waals surface area contributed by atoms with Crippen molar-refractivity contribution < 1.29 is 9.21 Å². The second kappa shape index (κ2) is 5.10. The number of hydrogen-bond donors (Lipinski definition) is 1. The number of furan rings is 1. The van der Waals surface area contributed by atoms with E-state index in [9.17, 15) is 4.79 Å². The monoisotopic (exact) mass is 256 g/mol. The van der Waals surface area contributed by atoms with Gasteiger partial charge in [-0.25, -0.2) is 0 Å². The molecule has 94 valence electrons. The molecule has 2 rings (SSSR count). The number of halogens is 1. The third kappa shape index (κ3) is 3.01. The summed E-state index contributed by atoms with van der Waals surface area (Å²) in [6.07, 6.45) is 0.984. The summed E-state index contributed by atoms with van der Waals surface area (Å²) < 4.78 is 5.07. The molecular weight excluding hydrogens is 240 g/mol. The van der Waals surface area contributed by atoms with Gasteiger partial charge in [0.2, 0.25) is 0 Å². The summed E-state index contributed by atoms with van der Waals surface area (Å²) in [6, 6.07) is 3.89. The van der Waals surface area contributed by atoms with E-state index in [0.29, 0.717) is 6.04 Å². The first-order valence-corrected chi connectivity index (χ1v) is 6.24. The second-order valence-electron chi connectivity index (χ2n) is 4.65. The van der Waals surface area contributed by atoms with Crippen LogP contribution >= 0.6 is 11.6 Å². The Morgan fingerprint density at radius 3 is 2.88 bits per heavy atom. The fourth-order valence-electron chi connectivity index (χ4n) is 2.07. The first-order chi connectivity index (χ1) is 8.06. The van der Waals surface area contributed by atoms with Crippen LogP contribution in [0.3, 0.4) is 0 Å². The second-order valence-corrected chi connectivity index (χ2v) is 5.02. The number of carbonyl (C=O) groups is 1. The maximum absolute atomic E-state index is 11.8. The normalized spacial score (nSPS) is 21.1. The Labute approximate surface area is 106 Å². The zero-order valence-corrected chi connectivity index (χ0v) is 10.8. The molecule has 1 N–H and O–H groups in total. The topological polar surface area (TPSA) is 45.5 Å². The summed E-state index contributed by atoms with van der Waals surface area (Å²) in [6.45, 7) is 6.26. The molecule has 4 nitrogen and oxygen atoms in total. The quantitative estimate of drug-likeness (QED) is 0.901. The fourth-order valence-corrected chi connectivity index (χ4v) is 2.21. The predicted octanol–water partition coefficient (Wildman–Crippen LogP) is 2.15. The summed E-state index contributed by atoms with van der Waals surface area (Å²) >= 11 is 5.63. The largest absolute Gasteiger partial charge is 0.440 e. The van der Waals surface area contributed by atoms with Gasteiger partial charge in [-0.15, -0.1) is 0 Å². The third-order valence-electron chi connectivity index (χ3n) is 3.08. The Morgan fingerprint density at radius 1 is 1.59 bits per heavy atom. The standard InChI is InChI=1S/C12H17ClN2O2/c1-8(2)15-6-5-9(7-15)14-12(16)10-3-4-11(13)17-10/h3-4,8-9H,5-7H2,1-2H3,(H,14,16). The van der Waals surface area contributed by atoms with Gasteiger partial charge >= 0.3 is 0 Å². The Morgan fingerprint density at radius 2 is 2.35 bits per heavy atom. The molecule has 1 atom stereocenters. The maximum atomic E-state index is 11.8. The molecule has 1 fully saturated rings. The summed E-state index contributed by atoms with van der Waals surface area (Å²) in [5.74, 6) is 0.0884. The minimum absolute atomic E-state index is 0.187. The molecular formula is C12H17ClN2O2. The molecule has 1 unspecified atom stereocenters. The van der Waals surface area contributed by atoms with E-state index in [1.54, 1.807) is 12.1 Å². The van der Waals surface area contributed by atoms with Crippen LogP contribution in [0.5, 0.6) is 0 Å². The van der Waals surface area contributed by atoms with E-state index in [1.165, 1.54) is 0 Å². The van der Waals surface area contributed by atoms with Gasteiger partial charge in [-0.3, -0.25) is 9.69 Å². The van der Waals surface area contributed by atoms with Crippen LogP contribution in [-0.2, 0) is 0 Å². The molecule has 1 aliphatic heterocycles. The third-order valence-corrected chi connectivity index (χ3v) is 3.29. The van der Waals surface area contributed by atoms with Crippen molar-refractivity contribution in [3.8, 4) is 0 Å². The van der Waals surface area contributed by atoms with E-state index in [-0.39, 0.29) is 22.9 Å². The number of carbonyl (C=O) groups excluding carboxylic acids is 1. The highest BCUT2D eigenvalue weighted by Gasteiger charge is 2.26. The summed E-state index contributed by atoms with van der Waals surface area (Å²) in [5.41, 5.74) is 0. The van der Waals surface area contributed by atoms with Crippen LogP contribution in [-0.4, -0.2) is 36.0 Å². The summed E-state index contributed by atoms with van der Waals surface area (Å²) in [5, 5.41) is 3.20. The molecule has 1 amide bonds. The lowest BCUT2D eigenvalue weighted by atomic mass is 10.2. The van der Waals surface area contributed by atoms with E-state index in [4.69, 9.17) is 16.0 Å². The molecule has 1 aromatic rings. The van der Waals surface area contributed by atoms with Crippen molar-refractivity contribution in [2.24, 2.45) is 0 Å². The lowest BCUT2D eigenvalue weighted by Gasteiger charge is -2.20. The Bertz CT molecular complexity index is 403. The summed E-state index contributed by atoms with van der Waals surface area (Å²) in [4.78, 5) is 14.2. The highest BCUT2D eigenvalue weighted by Crippen LogP contribution is 2.15. The maximum Gasteiger partial charge on any atom is 0.287 e. The highest BCUT2D eigenvalue weighted by atomic mass is 35.5. The molecule has 0 bridgehead atoms. The van der Waals surface area contributed by atoms with Crippen molar-refractivity contribution in [1.29, 1.82) is 0 Å². The van der Waals surface area contributed by atoms with Gasteiger partial charge < -0.3 is 9.73 Å². The zero-order valence-electron chi connectivity index (χ0n) is 10.1. The minimum atomic E-state index is -0.187. The van der Waals surface area contributed by atoms with Crippen LogP contribution in [0.2, 0.25) is 5.22 Å². The van der Waals surface area contributed by atoms with Crippen LogP contribution in [0.4, 0.5) is 0 Å². The van der Waals surface area contributed by atoms with Crippen LogP contribution in [0.15, 0.2) is 16.5 Å². The lowest BCUT2D eigenvalue weighted by Crippen LogP contribution is -2.38. The smallest absolute Gasteiger partial charge is 0.287 e. The van der Waals surface area contributed by atoms with E-state index >= 15 is 0 Å². The van der Waals surface area contributed by atoms with Gasteiger partial charge in [-0.05, 0) is 44.0 Å². The van der Waals surface area contributed by atoms with Gasteiger partial charge in [-0.1, -0.05) is 0 Å². The predicted molar refractivity (Wildman–Crippen MR) is 66.3 cm³/mol. The van der Waals surface area contributed by atoms with E-state index in [1.807, 2.05) is 0 Å². The van der Waals surface area contributed by atoms with Crippen molar-refractivity contribution in [1.82, 2.24) is 10.2 Å². The number of amides is 1.